The first-order valence-electron chi connectivity index (χ1n) is 10.3. The van der Waals surface area contributed by atoms with Gasteiger partial charge in [-0.05, 0) is 54.1 Å². The molecule has 32 heavy (non-hydrogen) atoms. The number of thiazole rings is 1. The van der Waals surface area contributed by atoms with Gasteiger partial charge in [0.2, 0.25) is 4.80 Å². The van der Waals surface area contributed by atoms with Gasteiger partial charge in [-0.25, -0.2) is 4.68 Å². The molecule has 4 aromatic rings. The minimum absolute atomic E-state index is 0.558. The third-order valence-electron chi connectivity index (χ3n) is 5.43. The first-order chi connectivity index (χ1) is 15.7. The van der Waals surface area contributed by atoms with Gasteiger partial charge in [0, 0.05) is 23.6 Å². The van der Waals surface area contributed by atoms with Crippen LogP contribution < -0.4 is 19.0 Å². The molecule has 0 aliphatic carbocycles. The molecule has 0 spiro atoms. The number of hydrogen-bond donors (Lipinski definition) is 0. The summed E-state index contributed by atoms with van der Waals surface area (Å²) in [4.78, 5) is 5.26. The van der Waals surface area contributed by atoms with Gasteiger partial charge in [-0.15, -0.1) is 11.3 Å². The van der Waals surface area contributed by atoms with Crippen LogP contribution in [0.5, 0.6) is 17.2 Å². The molecule has 0 radical (unpaired) electrons. The number of nitrogens with zero attached hydrogens (tertiary/aromatic N) is 3. The average molecular weight is 446 g/mol. The second-order valence-corrected chi connectivity index (χ2v) is 8.25. The van der Waals surface area contributed by atoms with Crippen LogP contribution >= 0.6 is 11.3 Å². The van der Waals surface area contributed by atoms with Crippen molar-refractivity contribution in [3.05, 3.63) is 70.3 Å². The maximum atomic E-state index is 5.73. The Bertz CT molecular complexity index is 1400. The SMILES string of the molecule is CN=c1scc(-c2ccc3cc(OC)ccc3c2)n1N=C(C)c1ccc2c(c1)OCCO2. The van der Waals surface area contributed by atoms with Gasteiger partial charge in [-0.3, -0.25) is 4.99 Å². The molecule has 7 heteroatoms. The number of ether oxygens (including phenoxy) is 3. The lowest BCUT2D eigenvalue weighted by molar-refractivity contribution is 0.171. The van der Waals surface area contributed by atoms with Crippen LogP contribution in [0.2, 0.25) is 0 Å². The molecule has 0 saturated heterocycles. The Morgan fingerprint density at radius 2 is 1.75 bits per heavy atom. The van der Waals surface area contributed by atoms with Gasteiger partial charge in [0.05, 0.1) is 18.5 Å². The molecule has 1 aliphatic heterocycles. The summed E-state index contributed by atoms with van der Waals surface area (Å²) in [6.45, 7) is 3.13. The van der Waals surface area contributed by atoms with Crippen LogP contribution in [0, 0.1) is 0 Å². The minimum atomic E-state index is 0.558. The van der Waals surface area contributed by atoms with Gasteiger partial charge in [0.1, 0.15) is 19.0 Å². The number of hydrogen-bond acceptors (Lipinski definition) is 6. The monoisotopic (exact) mass is 445 g/mol. The van der Waals surface area contributed by atoms with Crippen molar-refractivity contribution in [3.63, 3.8) is 0 Å². The van der Waals surface area contributed by atoms with Crippen LogP contribution in [-0.4, -0.2) is 37.8 Å². The molecule has 0 N–H and O–H groups in total. The molecule has 162 valence electrons. The van der Waals surface area contributed by atoms with Crippen LogP contribution in [-0.2, 0) is 0 Å². The highest BCUT2D eigenvalue weighted by atomic mass is 32.1. The fraction of sp³-hybridized carbons (Fsp3) is 0.200. The van der Waals surface area contributed by atoms with Crippen molar-refractivity contribution < 1.29 is 14.2 Å². The van der Waals surface area contributed by atoms with Gasteiger partial charge in [-0.2, -0.15) is 5.10 Å². The normalized spacial score (nSPS) is 14.1. The van der Waals surface area contributed by atoms with Crippen molar-refractivity contribution in [2.45, 2.75) is 6.92 Å². The summed E-state index contributed by atoms with van der Waals surface area (Å²) in [5.74, 6) is 2.38. The predicted octanol–water partition coefficient (Wildman–Crippen LogP) is 4.95. The van der Waals surface area contributed by atoms with E-state index in [4.69, 9.17) is 19.3 Å². The molecule has 3 aromatic carbocycles. The standard InChI is InChI=1S/C25H23N3O3S/c1-16(17-7-9-23-24(14-17)31-11-10-30-23)27-28-22(15-32-25(28)26-2)20-5-4-19-13-21(29-3)8-6-18(19)12-20/h4-9,12-15H,10-11H2,1-3H3. The lowest BCUT2D eigenvalue weighted by atomic mass is 10.1. The van der Waals surface area contributed by atoms with Crippen molar-refractivity contribution in [3.8, 4) is 28.5 Å². The molecule has 1 aliphatic rings. The zero-order valence-electron chi connectivity index (χ0n) is 18.2. The maximum Gasteiger partial charge on any atom is 0.205 e. The molecule has 1 aromatic heterocycles. The quantitative estimate of drug-likeness (QED) is 0.418. The molecule has 0 fully saturated rings. The van der Waals surface area contributed by atoms with Crippen molar-refractivity contribution in [1.82, 2.24) is 4.68 Å². The van der Waals surface area contributed by atoms with E-state index in [1.807, 2.05) is 41.9 Å². The Balaban J connectivity index is 1.57. The minimum Gasteiger partial charge on any atom is -0.497 e. The second kappa shape index (κ2) is 8.51. The van der Waals surface area contributed by atoms with E-state index in [1.165, 1.54) is 0 Å². The van der Waals surface area contributed by atoms with Crippen molar-refractivity contribution in [2.75, 3.05) is 27.4 Å². The van der Waals surface area contributed by atoms with Crippen molar-refractivity contribution in [2.24, 2.45) is 10.1 Å². The van der Waals surface area contributed by atoms with Crippen molar-refractivity contribution >= 4 is 27.8 Å². The summed E-state index contributed by atoms with van der Waals surface area (Å²) in [5.41, 5.74) is 3.91. The largest absolute Gasteiger partial charge is 0.497 e. The second-order valence-electron chi connectivity index (χ2n) is 7.41. The summed E-state index contributed by atoms with van der Waals surface area (Å²) in [6, 6.07) is 18.4. The lowest BCUT2D eigenvalue weighted by Gasteiger charge is -2.18. The molecule has 5 rings (SSSR count). The van der Waals surface area contributed by atoms with Gasteiger partial charge in [0.25, 0.3) is 0 Å². The molecular formula is C25H23N3O3S. The molecule has 0 unspecified atom stereocenters. The van der Waals surface area contributed by atoms with E-state index in [9.17, 15) is 0 Å². The first-order valence-corrected chi connectivity index (χ1v) is 11.2. The number of benzene rings is 3. The smallest absolute Gasteiger partial charge is 0.205 e. The number of methoxy groups -OCH3 is 1. The van der Waals surface area contributed by atoms with Gasteiger partial charge >= 0.3 is 0 Å². The predicted molar refractivity (Wildman–Crippen MR) is 128 cm³/mol. The summed E-state index contributed by atoms with van der Waals surface area (Å²) < 4.78 is 18.6. The van der Waals surface area contributed by atoms with Crippen LogP contribution in [0.4, 0.5) is 0 Å². The van der Waals surface area contributed by atoms with Gasteiger partial charge < -0.3 is 14.2 Å². The van der Waals surface area contributed by atoms with Gasteiger partial charge in [0.15, 0.2) is 11.5 Å². The van der Waals surface area contributed by atoms with Crippen LogP contribution in [0.25, 0.3) is 22.0 Å². The van der Waals surface area contributed by atoms with Crippen LogP contribution in [0.3, 0.4) is 0 Å². The van der Waals surface area contributed by atoms with E-state index < -0.39 is 0 Å². The van der Waals surface area contributed by atoms with Crippen LogP contribution in [0.1, 0.15) is 12.5 Å². The molecular weight excluding hydrogens is 422 g/mol. The van der Waals surface area contributed by atoms with Crippen molar-refractivity contribution in [1.29, 1.82) is 0 Å². The third-order valence-corrected chi connectivity index (χ3v) is 6.34. The molecule has 0 bridgehead atoms. The highest BCUT2D eigenvalue weighted by Gasteiger charge is 2.14. The summed E-state index contributed by atoms with van der Waals surface area (Å²) >= 11 is 1.57. The molecule has 0 amide bonds. The first kappa shape index (κ1) is 20.3. The number of aromatic nitrogens is 1. The Morgan fingerprint density at radius 1 is 0.969 bits per heavy atom. The third kappa shape index (κ3) is 3.76. The fourth-order valence-corrected chi connectivity index (χ4v) is 4.53. The Kier molecular flexibility index (Phi) is 5.41. The van der Waals surface area contributed by atoms with E-state index in [0.29, 0.717) is 13.2 Å². The van der Waals surface area contributed by atoms with E-state index in [0.717, 1.165) is 55.4 Å². The number of rotatable bonds is 4. The average Bonchev–Trinajstić information content (AvgIpc) is 3.25. The van der Waals surface area contributed by atoms with E-state index in [-0.39, 0.29) is 0 Å². The Labute approximate surface area is 190 Å². The molecule has 2 heterocycles. The molecule has 6 nitrogen and oxygen atoms in total. The molecule has 0 atom stereocenters. The zero-order chi connectivity index (χ0) is 22.1. The van der Waals surface area contributed by atoms with E-state index in [1.54, 1.807) is 25.5 Å². The maximum absolute atomic E-state index is 5.73. The summed E-state index contributed by atoms with van der Waals surface area (Å²) in [5, 5.41) is 9.29. The lowest BCUT2D eigenvalue weighted by Crippen LogP contribution is -2.16. The van der Waals surface area contributed by atoms with E-state index in [2.05, 4.69) is 34.6 Å². The highest BCUT2D eigenvalue weighted by molar-refractivity contribution is 7.07. The number of fused-ring (bicyclic) bond motifs is 2. The van der Waals surface area contributed by atoms with E-state index >= 15 is 0 Å². The fourth-order valence-electron chi connectivity index (χ4n) is 3.73. The summed E-state index contributed by atoms with van der Waals surface area (Å²) in [6.07, 6.45) is 0. The van der Waals surface area contributed by atoms with Gasteiger partial charge in [-0.1, -0.05) is 18.2 Å². The Morgan fingerprint density at radius 3 is 2.56 bits per heavy atom. The zero-order valence-corrected chi connectivity index (χ0v) is 19.0. The topological polar surface area (TPSA) is 57.3 Å². The molecule has 0 saturated carbocycles. The van der Waals surface area contributed by atoms with Crippen LogP contribution in [0.15, 0.2) is 70.1 Å². The Hall–Kier alpha value is -3.58. The summed E-state index contributed by atoms with van der Waals surface area (Å²) in [7, 11) is 3.47. The highest BCUT2D eigenvalue weighted by Crippen LogP contribution is 2.31.